The Morgan fingerprint density at radius 2 is 1.04 bits per heavy atom. The zero-order chi connectivity index (χ0) is 36.3. The number of fused-ring (bicyclic) bond motifs is 7. The van der Waals surface area contributed by atoms with E-state index in [0.29, 0.717) is 0 Å². The zero-order valence-corrected chi connectivity index (χ0v) is 30.6. The lowest BCUT2D eigenvalue weighted by atomic mass is 9.95. The number of benzene rings is 9. The lowest BCUT2D eigenvalue weighted by molar-refractivity contribution is 0.669. The first kappa shape index (κ1) is 31.6. The molecular weight excluding hydrogens is 687 g/mol. The molecule has 11 rings (SSSR count). The minimum absolute atomic E-state index is 0.866. The molecule has 0 fully saturated rings. The maximum atomic E-state index is 6.47. The number of furan rings is 1. The van der Waals surface area contributed by atoms with Crippen LogP contribution in [0.1, 0.15) is 0 Å². The van der Waals surface area contributed by atoms with Gasteiger partial charge in [0.2, 0.25) is 0 Å². The molecule has 0 saturated carbocycles. The van der Waals surface area contributed by atoms with Gasteiger partial charge in [0.15, 0.2) is 0 Å². The Morgan fingerprint density at radius 3 is 1.93 bits per heavy atom. The molecule has 2 heterocycles. The van der Waals surface area contributed by atoms with E-state index in [-0.39, 0.29) is 0 Å². The van der Waals surface area contributed by atoms with Gasteiger partial charge < -0.3 is 9.32 Å². The van der Waals surface area contributed by atoms with Crippen LogP contribution in [-0.2, 0) is 0 Å². The quantitative estimate of drug-likeness (QED) is 0.170. The van der Waals surface area contributed by atoms with Crippen molar-refractivity contribution >= 4 is 81.3 Å². The Kier molecular flexibility index (Phi) is 7.39. The third kappa shape index (κ3) is 5.32. The average molecular weight is 720 g/mol. The predicted octanol–water partition coefficient (Wildman–Crippen LogP) is 15.6. The first-order chi connectivity index (χ1) is 27.3. The van der Waals surface area contributed by atoms with E-state index in [4.69, 9.17) is 4.42 Å². The van der Waals surface area contributed by atoms with Crippen molar-refractivity contribution in [2.45, 2.75) is 0 Å². The number of nitrogens with zero attached hydrogens (tertiary/aromatic N) is 1. The summed E-state index contributed by atoms with van der Waals surface area (Å²) in [6, 6.07) is 72.3. The van der Waals surface area contributed by atoms with Crippen LogP contribution in [0.15, 0.2) is 205 Å². The molecular formula is C52H33NOS. The monoisotopic (exact) mass is 719 g/mol. The van der Waals surface area contributed by atoms with Gasteiger partial charge in [-0.05, 0) is 98.8 Å². The second-order valence-electron chi connectivity index (χ2n) is 14.1. The normalized spacial score (nSPS) is 11.6. The van der Waals surface area contributed by atoms with Gasteiger partial charge in [-0.3, -0.25) is 0 Å². The molecule has 0 saturated heterocycles. The first-order valence-electron chi connectivity index (χ1n) is 18.7. The molecule has 0 atom stereocenters. The molecule has 0 aliphatic heterocycles. The SMILES string of the molecule is c1ccc(-c2cc(-c3cccc4c3sc3ccccc34)cc(N(c3ccc(-c4cccc5ccccc45)cc3)c3cccc4oc5ccccc5c34)c2)cc1. The van der Waals surface area contributed by atoms with Crippen LogP contribution in [0.3, 0.4) is 0 Å². The van der Waals surface area contributed by atoms with Crippen molar-refractivity contribution in [1.29, 1.82) is 0 Å². The van der Waals surface area contributed by atoms with Gasteiger partial charge in [-0.25, -0.2) is 0 Å². The molecule has 0 spiro atoms. The van der Waals surface area contributed by atoms with E-state index in [9.17, 15) is 0 Å². The molecule has 0 radical (unpaired) electrons. The standard InChI is InChI=1S/C52H33NOS/c1-2-13-34(14-3-1)37-31-38(43-21-11-22-45-44-18-7-9-26-50(44)55-52(43)45)33-40(32-37)53(47-23-12-25-49-51(47)46-19-6-8-24-48(46)54-49)39-29-27-36(28-30-39)42-20-10-16-35-15-4-5-17-41(35)42/h1-33H. The molecule has 0 aliphatic carbocycles. The van der Waals surface area contributed by atoms with E-state index >= 15 is 0 Å². The summed E-state index contributed by atoms with van der Waals surface area (Å²) < 4.78 is 9.07. The Labute approximate surface area is 322 Å². The number of para-hydroxylation sites is 1. The molecule has 258 valence electrons. The van der Waals surface area contributed by atoms with Crippen LogP contribution in [0, 0.1) is 0 Å². The Bertz CT molecular complexity index is 3200. The summed E-state index contributed by atoms with van der Waals surface area (Å²) in [5.41, 5.74) is 12.1. The fourth-order valence-corrected chi connectivity index (χ4v) is 9.54. The molecule has 9 aromatic carbocycles. The molecule has 0 bridgehead atoms. The summed E-state index contributed by atoms with van der Waals surface area (Å²) in [6.07, 6.45) is 0. The summed E-state index contributed by atoms with van der Waals surface area (Å²) in [4.78, 5) is 2.41. The number of anilines is 3. The smallest absolute Gasteiger partial charge is 0.137 e. The highest BCUT2D eigenvalue weighted by molar-refractivity contribution is 7.26. The van der Waals surface area contributed by atoms with Crippen LogP contribution in [0.5, 0.6) is 0 Å². The van der Waals surface area contributed by atoms with Crippen LogP contribution in [0.2, 0.25) is 0 Å². The van der Waals surface area contributed by atoms with E-state index in [1.54, 1.807) is 0 Å². The van der Waals surface area contributed by atoms with Gasteiger partial charge in [-0.15, -0.1) is 11.3 Å². The second kappa shape index (κ2) is 12.9. The largest absolute Gasteiger partial charge is 0.456 e. The fourth-order valence-electron chi connectivity index (χ4n) is 8.30. The summed E-state index contributed by atoms with van der Waals surface area (Å²) in [6.45, 7) is 0. The van der Waals surface area contributed by atoms with Crippen molar-refractivity contribution in [3.8, 4) is 33.4 Å². The van der Waals surface area contributed by atoms with Crippen molar-refractivity contribution in [2.24, 2.45) is 0 Å². The summed E-state index contributed by atoms with van der Waals surface area (Å²) in [5.74, 6) is 0. The van der Waals surface area contributed by atoms with Gasteiger partial charge >= 0.3 is 0 Å². The number of hydrogen-bond acceptors (Lipinski definition) is 3. The predicted molar refractivity (Wildman–Crippen MR) is 235 cm³/mol. The zero-order valence-electron chi connectivity index (χ0n) is 29.8. The fraction of sp³-hybridized carbons (Fsp3) is 0. The molecule has 0 amide bonds. The molecule has 11 aromatic rings. The highest BCUT2D eigenvalue weighted by atomic mass is 32.1. The van der Waals surface area contributed by atoms with Gasteiger partial charge in [0.1, 0.15) is 11.2 Å². The van der Waals surface area contributed by atoms with Crippen LogP contribution < -0.4 is 4.90 Å². The van der Waals surface area contributed by atoms with E-state index < -0.39 is 0 Å². The molecule has 0 aliphatic rings. The van der Waals surface area contributed by atoms with Crippen molar-refractivity contribution < 1.29 is 4.42 Å². The second-order valence-corrected chi connectivity index (χ2v) is 15.1. The molecule has 0 unspecified atom stereocenters. The lowest BCUT2D eigenvalue weighted by Crippen LogP contribution is -2.11. The third-order valence-electron chi connectivity index (χ3n) is 10.8. The number of thiophene rings is 1. The molecule has 55 heavy (non-hydrogen) atoms. The van der Waals surface area contributed by atoms with Crippen LogP contribution in [0.25, 0.3) is 86.3 Å². The van der Waals surface area contributed by atoms with Crippen LogP contribution in [0.4, 0.5) is 17.1 Å². The average Bonchev–Trinajstić information content (AvgIpc) is 3.83. The van der Waals surface area contributed by atoms with Gasteiger partial charge in [0.05, 0.1) is 11.1 Å². The van der Waals surface area contributed by atoms with E-state index in [0.717, 1.165) is 44.6 Å². The van der Waals surface area contributed by atoms with Crippen molar-refractivity contribution in [2.75, 3.05) is 4.90 Å². The molecule has 0 N–H and O–H groups in total. The Hall–Kier alpha value is -6.94. The van der Waals surface area contributed by atoms with E-state index in [1.807, 2.05) is 17.4 Å². The van der Waals surface area contributed by atoms with Crippen molar-refractivity contribution in [3.05, 3.63) is 200 Å². The summed E-state index contributed by atoms with van der Waals surface area (Å²) >= 11 is 1.87. The summed E-state index contributed by atoms with van der Waals surface area (Å²) in [5, 5.41) is 7.27. The lowest BCUT2D eigenvalue weighted by Gasteiger charge is -2.28. The van der Waals surface area contributed by atoms with Crippen molar-refractivity contribution in [3.63, 3.8) is 0 Å². The molecule has 2 aromatic heterocycles. The van der Waals surface area contributed by atoms with E-state index in [1.165, 1.54) is 58.8 Å². The molecule has 2 nitrogen and oxygen atoms in total. The maximum absolute atomic E-state index is 6.47. The van der Waals surface area contributed by atoms with Crippen molar-refractivity contribution in [1.82, 2.24) is 0 Å². The Balaban J connectivity index is 1.17. The number of rotatable bonds is 6. The van der Waals surface area contributed by atoms with Gasteiger partial charge in [-0.1, -0.05) is 146 Å². The minimum atomic E-state index is 0.866. The van der Waals surface area contributed by atoms with Gasteiger partial charge in [-0.2, -0.15) is 0 Å². The molecule has 3 heteroatoms. The van der Waals surface area contributed by atoms with E-state index in [2.05, 4.69) is 199 Å². The van der Waals surface area contributed by atoms with Crippen LogP contribution >= 0.6 is 11.3 Å². The Morgan fingerprint density at radius 1 is 0.382 bits per heavy atom. The topological polar surface area (TPSA) is 16.4 Å². The highest BCUT2D eigenvalue weighted by Gasteiger charge is 2.22. The van der Waals surface area contributed by atoms with Gasteiger partial charge in [0.25, 0.3) is 0 Å². The summed E-state index contributed by atoms with van der Waals surface area (Å²) in [7, 11) is 0. The highest BCUT2D eigenvalue weighted by Crippen LogP contribution is 2.47. The maximum Gasteiger partial charge on any atom is 0.137 e. The van der Waals surface area contributed by atoms with Gasteiger partial charge in [0, 0.05) is 36.9 Å². The van der Waals surface area contributed by atoms with Crippen LogP contribution in [-0.4, -0.2) is 0 Å². The minimum Gasteiger partial charge on any atom is -0.456 e. The first-order valence-corrected chi connectivity index (χ1v) is 19.5. The third-order valence-corrected chi connectivity index (χ3v) is 12.1. The number of hydrogen-bond donors (Lipinski definition) is 0.